The Morgan fingerprint density at radius 1 is 1.47 bits per heavy atom. The van der Waals surface area contributed by atoms with Crippen LogP contribution in [0.5, 0.6) is 0 Å². The maximum Gasteiger partial charge on any atom is 0.250 e. The van der Waals surface area contributed by atoms with Crippen LogP contribution in [0, 0.1) is 0 Å². The number of carbonyl (C=O) groups is 1. The van der Waals surface area contributed by atoms with Gasteiger partial charge in [0, 0.05) is 32.3 Å². The Bertz CT molecular complexity index is 396. The smallest absolute Gasteiger partial charge is 0.250 e. The minimum atomic E-state index is -0.0429. The summed E-state index contributed by atoms with van der Waals surface area (Å²) in [7, 11) is 1.69. The Morgan fingerprint density at radius 3 is 2.80 bits per heavy atom. The van der Waals surface area contributed by atoms with E-state index in [1.807, 2.05) is 6.92 Å². The Labute approximate surface area is 88.9 Å². The van der Waals surface area contributed by atoms with Crippen LogP contribution in [0.25, 0.3) is 0 Å². The minimum Gasteiger partial charge on any atom is -0.352 e. The first-order valence-corrected chi connectivity index (χ1v) is 5.05. The molecular formula is C11H16N2O2. The third kappa shape index (κ3) is 3.58. The highest BCUT2D eigenvalue weighted by Gasteiger charge is 1.99. The van der Waals surface area contributed by atoms with Crippen LogP contribution in [-0.2, 0) is 18.4 Å². The maximum atomic E-state index is 11.2. The normalized spacial score (nSPS) is 10.0. The zero-order valence-corrected chi connectivity index (χ0v) is 9.12. The molecule has 0 aliphatic rings. The van der Waals surface area contributed by atoms with Crippen molar-refractivity contribution in [1.82, 2.24) is 9.88 Å². The van der Waals surface area contributed by atoms with Crippen molar-refractivity contribution in [2.75, 3.05) is 0 Å². The molecule has 0 saturated carbocycles. The first-order valence-electron chi connectivity index (χ1n) is 5.05. The van der Waals surface area contributed by atoms with Crippen molar-refractivity contribution >= 4 is 5.91 Å². The van der Waals surface area contributed by atoms with Gasteiger partial charge in [0.05, 0.1) is 0 Å². The molecule has 4 heteroatoms. The van der Waals surface area contributed by atoms with E-state index < -0.39 is 0 Å². The molecule has 82 valence electrons. The van der Waals surface area contributed by atoms with Gasteiger partial charge in [-0.15, -0.1) is 0 Å². The molecule has 0 radical (unpaired) electrons. The van der Waals surface area contributed by atoms with Crippen molar-refractivity contribution in [3.8, 4) is 0 Å². The van der Waals surface area contributed by atoms with Crippen LogP contribution in [0.1, 0.15) is 25.3 Å². The number of aryl methyl sites for hydroxylation is 1. The van der Waals surface area contributed by atoms with E-state index in [1.165, 1.54) is 10.6 Å². The van der Waals surface area contributed by atoms with E-state index in [1.54, 1.807) is 19.3 Å². The molecule has 0 aliphatic heterocycles. The quantitative estimate of drug-likeness (QED) is 0.795. The summed E-state index contributed by atoms with van der Waals surface area (Å²) < 4.78 is 1.50. The molecule has 0 spiro atoms. The Morgan fingerprint density at radius 2 is 2.20 bits per heavy atom. The molecule has 1 heterocycles. The van der Waals surface area contributed by atoms with E-state index >= 15 is 0 Å². The second kappa shape index (κ2) is 5.34. The molecule has 1 rings (SSSR count). The van der Waals surface area contributed by atoms with Crippen molar-refractivity contribution < 1.29 is 4.79 Å². The lowest BCUT2D eigenvalue weighted by molar-refractivity contribution is -0.121. The molecule has 0 atom stereocenters. The summed E-state index contributed by atoms with van der Waals surface area (Å²) in [6.07, 6.45) is 3.12. The van der Waals surface area contributed by atoms with Crippen molar-refractivity contribution in [3.63, 3.8) is 0 Å². The van der Waals surface area contributed by atoms with Gasteiger partial charge in [0.1, 0.15) is 0 Å². The van der Waals surface area contributed by atoms with Crippen molar-refractivity contribution in [2.24, 2.45) is 7.05 Å². The topological polar surface area (TPSA) is 51.1 Å². The predicted octanol–water partition coefficient (Wildman–Crippen LogP) is 0.802. The number of pyridine rings is 1. The highest BCUT2D eigenvalue weighted by Crippen LogP contribution is 1.95. The van der Waals surface area contributed by atoms with Crippen LogP contribution in [0.3, 0.4) is 0 Å². The Kier molecular flexibility index (Phi) is 4.09. The summed E-state index contributed by atoms with van der Waals surface area (Å²) in [5.74, 6) is 0.0475. The molecule has 1 aromatic heterocycles. The summed E-state index contributed by atoms with van der Waals surface area (Å²) in [6, 6.07) is 3.23. The van der Waals surface area contributed by atoms with Gasteiger partial charge in [-0.3, -0.25) is 9.59 Å². The lowest BCUT2D eigenvalue weighted by atomic mass is 10.2. The zero-order chi connectivity index (χ0) is 11.3. The van der Waals surface area contributed by atoms with Gasteiger partial charge in [-0.1, -0.05) is 13.0 Å². The summed E-state index contributed by atoms with van der Waals surface area (Å²) in [4.78, 5) is 22.3. The van der Waals surface area contributed by atoms with E-state index in [4.69, 9.17) is 0 Å². The summed E-state index contributed by atoms with van der Waals surface area (Å²) in [6.45, 7) is 2.44. The molecule has 0 aromatic carbocycles. The third-order valence-corrected chi connectivity index (χ3v) is 2.11. The average molecular weight is 208 g/mol. The van der Waals surface area contributed by atoms with Crippen LogP contribution in [0.15, 0.2) is 23.1 Å². The monoisotopic (exact) mass is 208 g/mol. The number of carbonyl (C=O) groups excluding carboxylic acids is 1. The van der Waals surface area contributed by atoms with Gasteiger partial charge in [-0.2, -0.15) is 0 Å². The number of amides is 1. The summed E-state index contributed by atoms with van der Waals surface area (Å²) in [5, 5.41) is 2.79. The predicted molar refractivity (Wildman–Crippen MR) is 58.4 cm³/mol. The lowest BCUT2D eigenvalue weighted by Crippen LogP contribution is -2.23. The molecular weight excluding hydrogens is 192 g/mol. The van der Waals surface area contributed by atoms with Crippen LogP contribution in [0.2, 0.25) is 0 Å². The fourth-order valence-electron chi connectivity index (χ4n) is 1.27. The third-order valence-electron chi connectivity index (χ3n) is 2.11. The molecule has 1 amide bonds. The lowest BCUT2D eigenvalue weighted by Gasteiger charge is -2.05. The van der Waals surface area contributed by atoms with Crippen molar-refractivity contribution in [3.05, 3.63) is 34.2 Å². The number of rotatable bonds is 4. The molecule has 4 nitrogen and oxygen atoms in total. The first-order chi connectivity index (χ1) is 7.13. The highest BCUT2D eigenvalue weighted by molar-refractivity contribution is 5.75. The fraction of sp³-hybridized carbons (Fsp3) is 0.455. The zero-order valence-electron chi connectivity index (χ0n) is 9.12. The largest absolute Gasteiger partial charge is 0.352 e. The fourth-order valence-corrected chi connectivity index (χ4v) is 1.27. The molecule has 15 heavy (non-hydrogen) atoms. The molecule has 0 saturated heterocycles. The molecule has 0 unspecified atom stereocenters. The van der Waals surface area contributed by atoms with Crippen molar-refractivity contribution in [1.29, 1.82) is 0 Å². The molecule has 0 bridgehead atoms. The Hall–Kier alpha value is -1.58. The second-order valence-electron chi connectivity index (χ2n) is 3.51. The molecule has 1 aromatic rings. The van der Waals surface area contributed by atoms with Gasteiger partial charge in [-0.05, 0) is 12.0 Å². The minimum absolute atomic E-state index is 0.0429. The molecule has 0 fully saturated rings. The van der Waals surface area contributed by atoms with E-state index in [0.717, 1.165) is 12.0 Å². The molecule has 0 aliphatic carbocycles. The van der Waals surface area contributed by atoms with E-state index in [0.29, 0.717) is 13.0 Å². The van der Waals surface area contributed by atoms with E-state index in [-0.39, 0.29) is 11.5 Å². The van der Waals surface area contributed by atoms with Gasteiger partial charge < -0.3 is 9.88 Å². The highest BCUT2D eigenvalue weighted by atomic mass is 16.1. The van der Waals surface area contributed by atoms with Crippen LogP contribution in [0.4, 0.5) is 0 Å². The van der Waals surface area contributed by atoms with Gasteiger partial charge in [0.15, 0.2) is 0 Å². The van der Waals surface area contributed by atoms with Crippen LogP contribution >= 0.6 is 0 Å². The number of hydrogen-bond donors (Lipinski definition) is 1. The summed E-state index contributed by atoms with van der Waals surface area (Å²) >= 11 is 0. The van der Waals surface area contributed by atoms with Crippen LogP contribution in [-0.4, -0.2) is 10.5 Å². The second-order valence-corrected chi connectivity index (χ2v) is 3.51. The van der Waals surface area contributed by atoms with Gasteiger partial charge in [-0.25, -0.2) is 0 Å². The van der Waals surface area contributed by atoms with Crippen LogP contribution < -0.4 is 10.9 Å². The maximum absolute atomic E-state index is 11.2. The molecule has 1 N–H and O–H groups in total. The standard InChI is InChI=1S/C11H16N2O2/c1-3-4-10(14)12-7-9-5-6-11(15)13(2)8-9/h5-6,8H,3-4,7H2,1-2H3,(H,12,14). The number of nitrogens with one attached hydrogen (secondary N) is 1. The van der Waals surface area contributed by atoms with E-state index in [2.05, 4.69) is 5.32 Å². The number of nitrogens with zero attached hydrogens (tertiary/aromatic N) is 1. The van der Waals surface area contributed by atoms with E-state index in [9.17, 15) is 9.59 Å². The van der Waals surface area contributed by atoms with Gasteiger partial charge >= 0.3 is 0 Å². The number of hydrogen-bond acceptors (Lipinski definition) is 2. The van der Waals surface area contributed by atoms with Gasteiger partial charge in [0.2, 0.25) is 11.5 Å². The summed E-state index contributed by atoms with van der Waals surface area (Å²) in [5.41, 5.74) is 0.889. The Balaban J connectivity index is 2.55. The SMILES string of the molecule is CCCC(=O)NCc1ccc(=O)n(C)c1. The first kappa shape index (κ1) is 11.5. The van der Waals surface area contributed by atoms with Crippen molar-refractivity contribution in [2.45, 2.75) is 26.3 Å². The number of aromatic nitrogens is 1. The average Bonchev–Trinajstić information content (AvgIpc) is 2.20. The van der Waals surface area contributed by atoms with Gasteiger partial charge in [0.25, 0.3) is 0 Å².